The van der Waals surface area contributed by atoms with E-state index < -0.39 is 0 Å². The van der Waals surface area contributed by atoms with E-state index in [1.54, 1.807) is 0 Å². The molecule has 0 fully saturated rings. The van der Waals surface area contributed by atoms with Crippen molar-refractivity contribution in [3.8, 4) is 0 Å². The molecule has 2 rings (SSSR count). The average molecular weight is 304 g/mol. The van der Waals surface area contributed by atoms with Crippen LogP contribution in [0.2, 0.25) is 0 Å². The molecule has 1 heteroatoms. The Morgan fingerprint density at radius 3 is 0.941 bits per heavy atom. The fourth-order valence-electron chi connectivity index (χ4n) is 0.642. The maximum Gasteiger partial charge on any atom is 4.00 e. The molecule has 0 N–H and O–H groups in total. The van der Waals surface area contributed by atoms with Gasteiger partial charge < -0.3 is 0 Å². The zero-order valence-corrected chi connectivity index (χ0v) is 12.7. The number of allylic oxidation sites excluding steroid dienone is 2. The molecule has 0 spiro atoms. The molecule has 0 bridgehead atoms. The van der Waals surface area contributed by atoms with Crippen LogP contribution in [0.15, 0.2) is 86.0 Å². The third-order valence-corrected chi connectivity index (χ3v) is 1.11. The fraction of sp³-hybridized carbons (Fsp3) is 0. The Morgan fingerprint density at radius 1 is 0.706 bits per heavy atom. The van der Waals surface area contributed by atoms with Crippen molar-refractivity contribution in [3.63, 3.8) is 0 Å². The molecule has 2 aromatic rings. The van der Waals surface area contributed by atoms with Crippen LogP contribution < -0.4 is 0 Å². The quantitative estimate of drug-likeness (QED) is 0.612. The minimum absolute atomic E-state index is 0. The van der Waals surface area contributed by atoms with Crippen molar-refractivity contribution in [2.45, 2.75) is 0 Å². The molecule has 0 atom stereocenters. The van der Waals surface area contributed by atoms with Crippen LogP contribution in [0.5, 0.6) is 0 Å². The Kier molecular flexibility index (Phi) is 30.0. The summed E-state index contributed by atoms with van der Waals surface area (Å²) >= 11 is 0. The van der Waals surface area contributed by atoms with E-state index >= 15 is 0 Å². The van der Waals surface area contributed by atoms with Crippen molar-refractivity contribution >= 4 is 0 Å². The van der Waals surface area contributed by atoms with Gasteiger partial charge in [0.05, 0.1) is 0 Å². The first-order valence-corrected chi connectivity index (χ1v) is 4.97. The first kappa shape index (κ1) is 21.1. The molecule has 88 valence electrons. The first-order valence-electron chi connectivity index (χ1n) is 4.97. The zero-order valence-electron chi connectivity index (χ0n) is 10.3. The molecule has 0 saturated carbocycles. The van der Waals surface area contributed by atoms with Gasteiger partial charge in [0.15, 0.2) is 0 Å². The Labute approximate surface area is 126 Å². The first-order chi connectivity index (χ1) is 7.83. The molecule has 0 amide bonds. The van der Waals surface area contributed by atoms with Crippen molar-refractivity contribution < 1.29 is 26.2 Å². The molecule has 0 heterocycles. The summed E-state index contributed by atoms with van der Waals surface area (Å²) in [5.74, 6) is 0. The molecule has 0 unspecified atom stereocenters. The molecule has 0 aliphatic rings. The second-order valence-electron chi connectivity index (χ2n) is 2.50. The van der Waals surface area contributed by atoms with Crippen LogP contribution in [-0.2, 0) is 26.2 Å². The summed E-state index contributed by atoms with van der Waals surface area (Å²) in [6, 6.07) is 20.0. The molecule has 0 aliphatic heterocycles. The fourth-order valence-corrected chi connectivity index (χ4v) is 0.642. The molecule has 2 aromatic carbocycles. The van der Waals surface area contributed by atoms with Gasteiger partial charge in [0.2, 0.25) is 0 Å². The van der Waals surface area contributed by atoms with Crippen molar-refractivity contribution in [3.05, 3.63) is 99.8 Å². The van der Waals surface area contributed by atoms with Crippen LogP contribution in [0.4, 0.5) is 0 Å². The van der Waals surface area contributed by atoms with Crippen molar-refractivity contribution in [2.75, 3.05) is 0 Å². The van der Waals surface area contributed by atoms with E-state index in [4.69, 9.17) is 0 Å². The van der Waals surface area contributed by atoms with E-state index in [9.17, 15) is 0 Å². The second-order valence-corrected chi connectivity index (χ2v) is 2.50. The van der Waals surface area contributed by atoms with E-state index in [0.717, 1.165) is 0 Å². The maximum absolute atomic E-state index is 3.25. The van der Waals surface area contributed by atoms with Gasteiger partial charge in [-0.25, -0.2) is 63.4 Å². The summed E-state index contributed by atoms with van der Waals surface area (Å²) in [6.07, 6.45) is 3.00. The Morgan fingerprint density at radius 2 is 0.882 bits per heavy atom. The number of hydrogen-bond donors (Lipinski definition) is 0. The number of hydrogen-bond acceptors (Lipinski definition) is 0. The largest absolute Gasteiger partial charge is 4.00 e. The van der Waals surface area contributed by atoms with Gasteiger partial charge in [-0.3, -0.25) is 0 Å². The van der Waals surface area contributed by atoms with Crippen LogP contribution in [0, 0.1) is 13.8 Å². The molecule has 0 saturated heterocycles. The van der Waals surface area contributed by atoms with E-state index in [1.165, 1.54) is 12.2 Å². The van der Waals surface area contributed by atoms with Gasteiger partial charge in [-0.05, 0) is 0 Å². The minimum atomic E-state index is 0. The summed E-state index contributed by atoms with van der Waals surface area (Å²) in [7, 11) is 0. The van der Waals surface area contributed by atoms with E-state index in [-0.39, 0.29) is 26.2 Å². The molecule has 17 heavy (non-hydrogen) atoms. The average Bonchev–Trinajstić information content (AvgIpc) is 3.00. The van der Waals surface area contributed by atoms with Crippen LogP contribution in [0.1, 0.15) is 0 Å². The van der Waals surface area contributed by atoms with Crippen molar-refractivity contribution in [2.24, 2.45) is 0 Å². The summed E-state index contributed by atoms with van der Waals surface area (Å²) in [4.78, 5) is 0. The van der Waals surface area contributed by atoms with Gasteiger partial charge in [0.1, 0.15) is 0 Å². The Bertz CT molecular complexity index is 210. The predicted octanol–water partition coefficient (Wildman–Crippen LogP) is 4.82. The molecule has 0 nitrogen and oxygen atoms in total. The van der Waals surface area contributed by atoms with E-state index in [0.29, 0.717) is 0 Å². The van der Waals surface area contributed by atoms with E-state index in [1.807, 2.05) is 60.7 Å². The van der Waals surface area contributed by atoms with Crippen LogP contribution in [0.3, 0.4) is 0 Å². The topological polar surface area (TPSA) is 0 Å². The van der Waals surface area contributed by atoms with Gasteiger partial charge in [-0.2, -0.15) is 36.4 Å². The molecular weight excluding hydrogens is 283 g/mol. The van der Waals surface area contributed by atoms with Crippen molar-refractivity contribution in [1.29, 1.82) is 0 Å². The normalized spacial score (nSPS) is 6.12. The van der Waals surface area contributed by atoms with Crippen LogP contribution >= 0.6 is 0 Å². The third kappa shape index (κ3) is 31.3. The molecule has 0 radical (unpaired) electrons. The smallest absolute Gasteiger partial charge is 0.245 e. The molecule has 0 aliphatic carbocycles. The van der Waals surface area contributed by atoms with E-state index in [2.05, 4.69) is 27.0 Å². The Balaban J connectivity index is -0.000000157. The van der Waals surface area contributed by atoms with Gasteiger partial charge in [-0.15, -0.1) is 0 Å². The standard InChI is InChI=1S/2C5H5.2C3H5.Zr/c2*1-2-4-5-3-1;2*1-3-2;/h2*1-5H;2*3H,1-2H2;/q4*-1;+4. The van der Waals surface area contributed by atoms with Gasteiger partial charge in [-0.1, -0.05) is 0 Å². The zero-order chi connectivity index (χ0) is 12.5. The molecular formula is C16H20Zr. The summed E-state index contributed by atoms with van der Waals surface area (Å²) in [5, 5.41) is 0. The summed E-state index contributed by atoms with van der Waals surface area (Å²) in [5.41, 5.74) is 0. The third-order valence-electron chi connectivity index (χ3n) is 1.11. The van der Waals surface area contributed by atoms with Gasteiger partial charge in [0.25, 0.3) is 0 Å². The van der Waals surface area contributed by atoms with Crippen LogP contribution in [-0.4, -0.2) is 0 Å². The second kappa shape index (κ2) is 24.2. The summed E-state index contributed by atoms with van der Waals surface area (Å²) in [6.45, 7) is 13.0. The van der Waals surface area contributed by atoms with Gasteiger partial charge >= 0.3 is 26.2 Å². The SMILES string of the molecule is C=C[CH2-].C=C[CH2-].[Zr+4].c1cc[cH-]c1.c1cc[cH-]c1. The summed E-state index contributed by atoms with van der Waals surface area (Å²) < 4.78 is 0. The number of rotatable bonds is 0. The Hall–Kier alpha value is -1.20. The maximum atomic E-state index is 3.25. The minimum Gasteiger partial charge on any atom is -0.245 e. The monoisotopic (exact) mass is 302 g/mol. The predicted molar refractivity (Wildman–Crippen MR) is 75.2 cm³/mol. The molecule has 0 aromatic heterocycles. The van der Waals surface area contributed by atoms with Crippen LogP contribution in [0.25, 0.3) is 0 Å². The van der Waals surface area contributed by atoms with Gasteiger partial charge in [0, 0.05) is 0 Å². The van der Waals surface area contributed by atoms with Crippen molar-refractivity contribution in [1.82, 2.24) is 0 Å².